The minimum atomic E-state index is -0.416. The van der Waals surface area contributed by atoms with Gasteiger partial charge in [-0.2, -0.15) is 14.9 Å². The minimum Gasteiger partial charge on any atom is -0.494 e. The van der Waals surface area contributed by atoms with Crippen LogP contribution in [0.2, 0.25) is 5.02 Å². The SMILES string of the molecule is CCCCCOc1cccc(/C=N\Nc2cnn(-c3ccccc3)c(=O)c2Cl)c1. The van der Waals surface area contributed by atoms with Crippen molar-refractivity contribution in [1.82, 2.24) is 9.78 Å². The molecule has 0 radical (unpaired) electrons. The number of anilines is 1. The molecule has 0 aliphatic rings. The monoisotopic (exact) mass is 410 g/mol. The number of aromatic nitrogens is 2. The number of hydrogen-bond acceptors (Lipinski definition) is 5. The Bertz CT molecular complexity index is 1020. The van der Waals surface area contributed by atoms with Crippen molar-refractivity contribution in [2.45, 2.75) is 26.2 Å². The first kappa shape index (κ1) is 20.6. The molecule has 1 aromatic heterocycles. The molecule has 29 heavy (non-hydrogen) atoms. The Balaban J connectivity index is 1.66. The highest BCUT2D eigenvalue weighted by molar-refractivity contribution is 6.32. The Morgan fingerprint density at radius 1 is 1.17 bits per heavy atom. The maximum atomic E-state index is 12.5. The number of hydrogen-bond donors (Lipinski definition) is 1. The lowest BCUT2D eigenvalue weighted by Crippen LogP contribution is -2.22. The average molecular weight is 411 g/mol. The summed E-state index contributed by atoms with van der Waals surface area (Å²) in [4.78, 5) is 12.5. The van der Waals surface area contributed by atoms with E-state index in [-0.39, 0.29) is 5.02 Å². The van der Waals surface area contributed by atoms with Crippen LogP contribution in [-0.2, 0) is 0 Å². The number of nitrogens with one attached hydrogen (secondary N) is 1. The fraction of sp³-hybridized carbons (Fsp3) is 0.227. The van der Waals surface area contributed by atoms with Crippen LogP contribution in [0, 0.1) is 0 Å². The van der Waals surface area contributed by atoms with E-state index < -0.39 is 5.56 Å². The van der Waals surface area contributed by atoms with E-state index in [9.17, 15) is 4.79 Å². The van der Waals surface area contributed by atoms with Crippen molar-refractivity contribution in [2.75, 3.05) is 12.0 Å². The Morgan fingerprint density at radius 3 is 2.79 bits per heavy atom. The second-order valence-electron chi connectivity index (χ2n) is 6.42. The number of unbranched alkanes of at least 4 members (excludes halogenated alkanes) is 2. The number of benzene rings is 2. The second-order valence-corrected chi connectivity index (χ2v) is 6.80. The molecular weight excluding hydrogens is 388 g/mol. The Kier molecular flexibility index (Phi) is 7.41. The highest BCUT2D eigenvalue weighted by Gasteiger charge is 2.09. The van der Waals surface area contributed by atoms with E-state index in [0.29, 0.717) is 18.0 Å². The van der Waals surface area contributed by atoms with E-state index in [1.54, 1.807) is 18.3 Å². The van der Waals surface area contributed by atoms with Crippen molar-refractivity contribution in [3.8, 4) is 11.4 Å². The van der Waals surface area contributed by atoms with E-state index in [1.165, 1.54) is 10.9 Å². The third-order valence-electron chi connectivity index (χ3n) is 4.19. The molecule has 2 aromatic carbocycles. The molecule has 0 aliphatic carbocycles. The van der Waals surface area contributed by atoms with Crippen LogP contribution in [0.1, 0.15) is 31.7 Å². The first-order valence-electron chi connectivity index (χ1n) is 9.54. The summed E-state index contributed by atoms with van der Waals surface area (Å²) in [6, 6.07) is 16.7. The molecule has 0 saturated heterocycles. The van der Waals surface area contributed by atoms with E-state index in [2.05, 4.69) is 22.5 Å². The maximum Gasteiger partial charge on any atom is 0.292 e. The molecule has 0 spiro atoms. The summed E-state index contributed by atoms with van der Waals surface area (Å²) >= 11 is 6.21. The van der Waals surface area contributed by atoms with Gasteiger partial charge in [-0.1, -0.05) is 61.7 Å². The normalized spacial score (nSPS) is 11.0. The van der Waals surface area contributed by atoms with E-state index in [0.717, 1.165) is 30.6 Å². The zero-order valence-electron chi connectivity index (χ0n) is 16.2. The van der Waals surface area contributed by atoms with Crippen LogP contribution in [0.4, 0.5) is 5.69 Å². The van der Waals surface area contributed by atoms with Gasteiger partial charge in [0, 0.05) is 0 Å². The molecule has 7 heteroatoms. The summed E-state index contributed by atoms with van der Waals surface area (Å²) in [7, 11) is 0. The lowest BCUT2D eigenvalue weighted by molar-refractivity contribution is 0.306. The number of hydrazone groups is 1. The Morgan fingerprint density at radius 2 is 2.00 bits per heavy atom. The predicted molar refractivity (Wildman–Crippen MR) is 118 cm³/mol. The lowest BCUT2D eigenvalue weighted by atomic mass is 10.2. The van der Waals surface area contributed by atoms with Gasteiger partial charge in [0.2, 0.25) is 0 Å². The van der Waals surface area contributed by atoms with Crippen LogP contribution in [0.5, 0.6) is 5.75 Å². The minimum absolute atomic E-state index is 0.0222. The van der Waals surface area contributed by atoms with Gasteiger partial charge in [-0.15, -0.1) is 0 Å². The van der Waals surface area contributed by atoms with E-state index in [4.69, 9.17) is 16.3 Å². The number of halogens is 1. The van der Waals surface area contributed by atoms with Gasteiger partial charge in [-0.3, -0.25) is 10.2 Å². The first-order valence-corrected chi connectivity index (χ1v) is 9.92. The van der Waals surface area contributed by atoms with Crippen molar-refractivity contribution in [3.63, 3.8) is 0 Å². The van der Waals surface area contributed by atoms with Crippen LogP contribution in [0.25, 0.3) is 5.69 Å². The topological polar surface area (TPSA) is 68.5 Å². The summed E-state index contributed by atoms with van der Waals surface area (Å²) in [5, 5.41) is 8.35. The van der Waals surface area contributed by atoms with Gasteiger partial charge < -0.3 is 4.74 Å². The van der Waals surface area contributed by atoms with Gasteiger partial charge in [0.25, 0.3) is 5.56 Å². The summed E-state index contributed by atoms with van der Waals surface area (Å²) in [5.41, 5.74) is 4.22. The van der Waals surface area contributed by atoms with Crippen LogP contribution in [0.15, 0.2) is 70.7 Å². The number of nitrogens with zero attached hydrogens (tertiary/aromatic N) is 3. The Labute approximate surface area is 174 Å². The largest absolute Gasteiger partial charge is 0.494 e. The predicted octanol–water partition coefficient (Wildman–Crippen LogP) is 4.90. The molecular formula is C22H23ClN4O2. The first-order chi connectivity index (χ1) is 14.2. The molecule has 0 unspecified atom stereocenters. The van der Waals surface area contributed by atoms with Gasteiger partial charge in [0.15, 0.2) is 0 Å². The van der Waals surface area contributed by atoms with Gasteiger partial charge in [-0.25, -0.2) is 0 Å². The van der Waals surface area contributed by atoms with Gasteiger partial charge in [0.05, 0.1) is 24.7 Å². The third kappa shape index (κ3) is 5.68. The molecule has 150 valence electrons. The van der Waals surface area contributed by atoms with Crippen LogP contribution >= 0.6 is 11.6 Å². The summed E-state index contributed by atoms with van der Waals surface area (Å²) in [6.45, 7) is 2.86. The summed E-state index contributed by atoms with van der Waals surface area (Å²) in [5.74, 6) is 0.801. The fourth-order valence-electron chi connectivity index (χ4n) is 2.67. The molecule has 3 rings (SSSR count). The van der Waals surface area contributed by atoms with Gasteiger partial charge in [0.1, 0.15) is 16.5 Å². The summed E-state index contributed by atoms with van der Waals surface area (Å²) < 4.78 is 6.99. The molecule has 6 nitrogen and oxygen atoms in total. The van der Waals surface area contributed by atoms with Crippen LogP contribution in [-0.4, -0.2) is 22.6 Å². The number of para-hydroxylation sites is 1. The quantitative estimate of drug-likeness (QED) is 0.309. The average Bonchev–Trinajstić information content (AvgIpc) is 2.75. The molecule has 0 atom stereocenters. The number of ether oxygens (including phenoxy) is 1. The van der Waals surface area contributed by atoms with Crippen molar-refractivity contribution in [3.05, 3.63) is 81.7 Å². The highest BCUT2D eigenvalue weighted by Crippen LogP contribution is 2.17. The zero-order valence-corrected chi connectivity index (χ0v) is 17.0. The van der Waals surface area contributed by atoms with Gasteiger partial charge in [-0.05, 0) is 36.2 Å². The maximum absolute atomic E-state index is 12.5. The summed E-state index contributed by atoms with van der Waals surface area (Å²) in [6.07, 6.45) is 6.47. The molecule has 0 aliphatic heterocycles. The molecule has 3 aromatic rings. The van der Waals surface area contributed by atoms with Crippen LogP contribution in [0.3, 0.4) is 0 Å². The highest BCUT2D eigenvalue weighted by atomic mass is 35.5. The molecule has 0 amide bonds. The van der Waals surface area contributed by atoms with Crippen molar-refractivity contribution in [2.24, 2.45) is 5.10 Å². The second kappa shape index (κ2) is 10.4. The Hall–Kier alpha value is -3.12. The van der Waals surface area contributed by atoms with E-state index in [1.807, 2.05) is 42.5 Å². The molecule has 0 fully saturated rings. The third-order valence-corrected chi connectivity index (χ3v) is 4.56. The van der Waals surface area contributed by atoms with Gasteiger partial charge >= 0.3 is 0 Å². The molecule has 1 heterocycles. The van der Waals surface area contributed by atoms with E-state index >= 15 is 0 Å². The van der Waals surface area contributed by atoms with Crippen molar-refractivity contribution < 1.29 is 4.74 Å². The molecule has 0 bridgehead atoms. The van der Waals surface area contributed by atoms with Crippen molar-refractivity contribution in [1.29, 1.82) is 0 Å². The standard InChI is InChI=1S/C22H23ClN4O2/c1-2-3-7-13-29-19-12-8-9-17(14-19)15-24-26-20-16-25-27(22(28)21(20)23)18-10-5-4-6-11-18/h4-6,8-12,14-16,26H,2-3,7,13H2,1H3/b24-15-. The van der Waals surface area contributed by atoms with Crippen LogP contribution < -0.4 is 15.7 Å². The molecule has 0 saturated carbocycles. The lowest BCUT2D eigenvalue weighted by Gasteiger charge is -2.08. The van der Waals surface area contributed by atoms with Crippen molar-refractivity contribution >= 4 is 23.5 Å². The smallest absolute Gasteiger partial charge is 0.292 e. The number of rotatable bonds is 9. The zero-order chi connectivity index (χ0) is 20.5. The fourth-order valence-corrected chi connectivity index (χ4v) is 2.84. The molecule has 1 N–H and O–H groups in total.